The Morgan fingerprint density at radius 1 is 1.35 bits per heavy atom. The molecule has 2 aromatic rings. The van der Waals surface area contributed by atoms with E-state index in [0.717, 1.165) is 29.0 Å². The summed E-state index contributed by atoms with van der Waals surface area (Å²) in [5.41, 5.74) is 2.67. The Labute approximate surface area is 157 Å². The number of nitrogens with one attached hydrogen (secondary N) is 1. The summed E-state index contributed by atoms with van der Waals surface area (Å²) in [6, 6.07) is 7.55. The summed E-state index contributed by atoms with van der Waals surface area (Å²) in [7, 11) is 1.65. The van der Waals surface area contributed by atoms with Crippen LogP contribution in [0.5, 0.6) is 5.75 Å². The summed E-state index contributed by atoms with van der Waals surface area (Å²) < 4.78 is 7.22. The lowest BCUT2D eigenvalue weighted by molar-refractivity contribution is -0.118. The first kappa shape index (κ1) is 17.1. The Kier molecular flexibility index (Phi) is 4.06. The van der Waals surface area contributed by atoms with Crippen LogP contribution in [0.15, 0.2) is 40.7 Å². The largest absolute Gasteiger partial charge is 0.497 e. The second-order valence-corrected chi connectivity index (χ2v) is 8.28. The Balaban J connectivity index is 1.91. The number of carbonyl (C=O) groups excluding carboxylic acids is 1. The van der Waals surface area contributed by atoms with Crippen LogP contribution in [-0.2, 0) is 4.79 Å². The van der Waals surface area contributed by atoms with Crippen LogP contribution in [0.2, 0.25) is 0 Å². The predicted octanol–water partition coefficient (Wildman–Crippen LogP) is 3.67. The van der Waals surface area contributed by atoms with Gasteiger partial charge in [0.05, 0.1) is 7.11 Å². The zero-order valence-electron chi connectivity index (χ0n) is 15.4. The molecular formula is C19H22N4O2S. The van der Waals surface area contributed by atoms with Crippen molar-refractivity contribution >= 4 is 23.5 Å². The van der Waals surface area contributed by atoms with Crippen molar-refractivity contribution in [1.82, 2.24) is 14.8 Å². The molecular weight excluding hydrogens is 348 g/mol. The number of carbonyl (C=O) groups is 1. The van der Waals surface area contributed by atoms with Crippen LogP contribution in [0.1, 0.15) is 38.3 Å². The van der Waals surface area contributed by atoms with Crippen molar-refractivity contribution in [3.8, 4) is 5.75 Å². The fourth-order valence-corrected chi connectivity index (χ4v) is 4.14. The number of thioether (sulfide) groups is 1. The highest BCUT2D eigenvalue weighted by molar-refractivity contribution is 7.98. The number of nitrogens with zero attached hydrogens (tertiary/aromatic N) is 3. The monoisotopic (exact) mass is 370 g/mol. The highest BCUT2D eigenvalue weighted by Crippen LogP contribution is 2.45. The average Bonchev–Trinajstić information content (AvgIpc) is 3.01. The Bertz CT molecular complexity index is 916. The summed E-state index contributed by atoms with van der Waals surface area (Å²) in [4.78, 5) is 17.7. The molecule has 0 bridgehead atoms. The molecule has 1 N–H and O–H groups in total. The van der Waals surface area contributed by atoms with E-state index in [1.807, 2.05) is 35.2 Å². The van der Waals surface area contributed by atoms with Gasteiger partial charge in [0.15, 0.2) is 5.78 Å². The molecule has 1 aromatic heterocycles. The summed E-state index contributed by atoms with van der Waals surface area (Å²) in [5, 5.41) is 8.68. The first-order valence-electron chi connectivity index (χ1n) is 8.59. The molecule has 7 heteroatoms. The first-order chi connectivity index (χ1) is 12.4. The average molecular weight is 370 g/mol. The fourth-order valence-electron chi connectivity index (χ4n) is 3.80. The van der Waals surface area contributed by atoms with Crippen molar-refractivity contribution in [3.05, 3.63) is 41.1 Å². The molecule has 1 aliphatic carbocycles. The number of methoxy groups -OCH3 is 1. The van der Waals surface area contributed by atoms with E-state index in [-0.39, 0.29) is 17.2 Å². The highest BCUT2D eigenvalue weighted by atomic mass is 32.2. The quantitative estimate of drug-likeness (QED) is 0.832. The maximum Gasteiger partial charge on any atom is 0.227 e. The van der Waals surface area contributed by atoms with Gasteiger partial charge in [-0.3, -0.25) is 4.79 Å². The number of anilines is 1. The van der Waals surface area contributed by atoms with E-state index >= 15 is 0 Å². The molecule has 1 aromatic carbocycles. The van der Waals surface area contributed by atoms with Crippen molar-refractivity contribution in [1.29, 1.82) is 0 Å². The van der Waals surface area contributed by atoms with Crippen LogP contribution < -0.4 is 10.1 Å². The van der Waals surface area contributed by atoms with Gasteiger partial charge >= 0.3 is 0 Å². The van der Waals surface area contributed by atoms with E-state index < -0.39 is 0 Å². The molecule has 1 unspecified atom stereocenters. The van der Waals surface area contributed by atoms with Crippen molar-refractivity contribution in [2.75, 3.05) is 18.7 Å². The minimum absolute atomic E-state index is 0.0631. The summed E-state index contributed by atoms with van der Waals surface area (Å²) >= 11 is 1.49. The molecule has 1 aliphatic heterocycles. The maximum absolute atomic E-state index is 13.1. The number of hydrogen-bond donors (Lipinski definition) is 1. The van der Waals surface area contributed by atoms with Crippen molar-refractivity contribution in [2.24, 2.45) is 5.41 Å². The van der Waals surface area contributed by atoms with E-state index in [1.54, 1.807) is 7.11 Å². The van der Waals surface area contributed by atoms with Gasteiger partial charge in [-0.15, -0.1) is 5.10 Å². The highest BCUT2D eigenvalue weighted by Gasteiger charge is 2.41. The van der Waals surface area contributed by atoms with Crippen LogP contribution in [0.25, 0.3) is 0 Å². The van der Waals surface area contributed by atoms with Gasteiger partial charge in [-0.2, -0.15) is 4.98 Å². The number of fused-ring (bicyclic) bond motifs is 1. The number of hydrogen-bond acceptors (Lipinski definition) is 6. The topological polar surface area (TPSA) is 69.0 Å². The van der Waals surface area contributed by atoms with Crippen molar-refractivity contribution in [3.63, 3.8) is 0 Å². The number of Topliss-reactive ketones (excluding diaryl/α,β-unsaturated/α-hetero) is 1. The lowest BCUT2D eigenvalue weighted by atomic mass is 9.73. The SMILES string of the molecule is COc1cccc(C2C3=C(CC(C)(C)CC3=O)Nc3nc(SC)nn32)c1. The lowest BCUT2D eigenvalue weighted by Gasteiger charge is -2.38. The Morgan fingerprint density at radius 3 is 2.88 bits per heavy atom. The Hall–Kier alpha value is -2.28. The molecule has 0 spiro atoms. The zero-order chi connectivity index (χ0) is 18.5. The number of ketones is 1. The minimum atomic E-state index is -0.284. The zero-order valence-corrected chi connectivity index (χ0v) is 16.2. The molecule has 0 radical (unpaired) electrons. The molecule has 1 atom stereocenters. The van der Waals surface area contributed by atoms with E-state index in [4.69, 9.17) is 4.74 Å². The van der Waals surface area contributed by atoms with Crippen molar-refractivity contribution < 1.29 is 9.53 Å². The van der Waals surface area contributed by atoms with E-state index in [0.29, 0.717) is 17.5 Å². The third-order valence-electron chi connectivity index (χ3n) is 4.90. The molecule has 26 heavy (non-hydrogen) atoms. The number of aromatic nitrogens is 3. The predicted molar refractivity (Wildman–Crippen MR) is 102 cm³/mol. The summed E-state index contributed by atoms with van der Waals surface area (Å²) in [6.07, 6.45) is 3.30. The van der Waals surface area contributed by atoms with Gasteiger partial charge in [0.2, 0.25) is 11.1 Å². The van der Waals surface area contributed by atoms with Gasteiger partial charge in [-0.05, 0) is 35.8 Å². The van der Waals surface area contributed by atoms with Gasteiger partial charge in [-0.25, -0.2) is 4.68 Å². The number of benzene rings is 1. The second kappa shape index (κ2) is 6.16. The van der Waals surface area contributed by atoms with Crippen molar-refractivity contribution in [2.45, 2.75) is 37.9 Å². The van der Waals surface area contributed by atoms with E-state index in [1.165, 1.54) is 11.8 Å². The van der Waals surface area contributed by atoms with Crippen LogP contribution in [0, 0.1) is 5.41 Å². The fraction of sp³-hybridized carbons (Fsp3) is 0.421. The Morgan fingerprint density at radius 2 is 2.15 bits per heavy atom. The maximum atomic E-state index is 13.1. The molecule has 6 nitrogen and oxygen atoms in total. The number of ether oxygens (including phenoxy) is 1. The lowest BCUT2D eigenvalue weighted by Crippen LogP contribution is -2.36. The molecule has 0 fully saturated rings. The van der Waals surface area contributed by atoms with Crippen LogP contribution in [-0.4, -0.2) is 33.9 Å². The van der Waals surface area contributed by atoms with E-state index in [2.05, 4.69) is 29.2 Å². The van der Waals surface area contributed by atoms with Gasteiger partial charge in [-0.1, -0.05) is 37.7 Å². The van der Waals surface area contributed by atoms with Gasteiger partial charge in [0.25, 0.3) is 0 Å². The standard InChI is InChI=1S/C19H22N4O2S/c1-19(2)9-13-15(14(24)10-19)16(11-6-5-7-12(8-11)25-3)23-17(20-13)21-18(22-23)26-4/h5-8,16H,9-10H2,1-4H3,(H,20,21,22). The molecule has 4 rings (SSSR count). The molecule has 0 saturated carbocycles. The number of allylic oxidation sites excluding steroid dienone is 2. The van der Waals surface area contributed by atoms with Gasteiger partial charge < -0.3 is 10.1 Å². The van der Waals surface area contributed by atoms with Gasteiger partial charge in [0.1, 0.15) is 11.8 Å². The van der Waals surface area contributed by atoms with E-state index in [9.17, 15) is 4.79 Å². The van der Waals surface area contributed by atoms with Gasteiger partial charge in [0, 0.05) is 17.7 Å². The minimum Gasteiger partial charge on any atom is -0.497 e. The van der Waals surface area contributed by atoms with Crippen LogP contribution in [0.3, 0.4) is 0 Å². The molecule has 0 saturated heterocycles. The summed E-state index contributed by atoms with van der Waals surface area (Å²) in [5.74, 6) is 1.62. The smallest absolute Gasteiger partial charge is 0.227 e. The third kappa shape index (κ3) is 2.80. The summed E-state index contributed by atoms with van der Waals surface area (Å²) in [6.45, 7) is 4.26. The number of rotatable bonds is 3. The third-order valence-corrected chi connectivity index (χ3v) is 5.44. The first-order valence-corrected chi connectivity index (χ1v) is 9.82. The molecule has 2 aliphatic rings. The normalized spacial score (nSPS) is 21.1. The molecule has 0 amide bonds. The second-order valence-electron chi connectivity index (χ2n) is 7.50. The van der Waals surface area contributed by atoms with Crippen LogP contribution >= 0.6 is 11.8 Å². The molecule has 136 valence electrons. The molecule has 2 heterocycles. The van der Waals surface area contributed by atoms with Crippen LogP contribution in [0.4, 0.5) is 5.95 Å².